The molecule has 5 heteroatoms. The third-order valence-corrected chi connectivity index (χ3v) is 2.77. The second kappa shape index (κ2) is 6.21. The molecule has 1 heterocycles. The van der Waals surface area contributed by atoms with Crippen molar-refractivity contribution in [2.45, 2.75) is 32.8 Å². The Morgan fingerprint density at radius 2 is 2.29 bits per heavy atom. The number of carbonyl (C=O) groups is 1. The van der Waals surface area contributed by atoms with Crippen LogP contribution in [-0.2, 0) is 9.47 Å². The number of hydrogen-bond donors (Lipinski definition) is 2. The van der Waals surface area contributed by atoms with Gasteiger partial charge >= 0.3 is 6.09 Å². The van der Waals surface area contributed by atoms with Gasteiger partial charge in [0.05, 0.1) is 0 Å². The van der Waals surface area contributed by atoms with Crippen molar-refractivity contribution < 1.29 is 19.4 Å². The van der Waals surface area contributed by atoms with Crippen molar-refractivity contribution in [1.82, 2.24) is 5.32 Å². The number of aliphatic hydroxyl groups is 1. The molecule has 5 nitrogen and oxygen atoms in total. The Bertz CT molecular complexity index is 243. The van der Waals surface area contributed by atoms with Crippen molar-refractivity contribution in [2.24, 2.45) is 11.8 Å². The summed E-state index contributed by atoms with van der Waals surface area (Å²) in [5.41, 5.74) is -0.491. The van der Waals surface area contributed by atoms with Gasteiger partial charge in [0.2, 0.25) is 0 Å². The van der Waals surface area contributed by atoms with Crippen molar-refractivity contribution in [1.29, 1.82) is 0 Å². The van der Waals surface area contributed by atoms with E-state index in [-0.39, 0.29) is 12.5 Å². The standard InChI is InChI=1S/C12H23NO4/c1-12(2,3)17-11(15)13-6-10(7-14)9-4-5-16-8-9/h9-10,14H,4-8H2,1-3H3,(H,13,15). The molecule has 0 aromatic rings. The van der Waals surface area contributed by atoms with Gasteiger partial charge in [-0.25, -0.2) is 4.79 Å². The lowest BCUT2D eigenvalue weighted by molar-refractivity contribution is 0.0498. The lowest BCUT2D eigenvalue weighted by atomic mass is 9.92. The Hall–Kier alpha value is -0.810. The van der Waals surface area contributed by atoms with Crippen LogP contribution < -0.4 is 5.32 Å². The predicted molar refractivity (Wildman–Crippen MR) is 63.7 cm³/mol. The van der Waals surface area contributed by atoms with Gasteiger partial charge in [0.1, 0.15) is 5.60 Å². The first-order chi connectivity index (χ1) is 7.92. The Kier molecular flexibility index (Phi) is 5.21. The molecule has 2 atom stereocenters. The summed E-state index contributed by atoms with van der Waals surface area (Å²) in [5.74, 6) is 0.375. The highest BCUT2D eigenvalue weighted by atomic mass is 16.6. The molecule has 0 aromatic heterocycles. The molecule has 0 saturated carbocycles. The van der Waals surface area contributed by atoms with E-state index < -0.39 is 11.7 Å². The zero-order valence-corrected chi connectivity index (χ0v) is 10.9. The Labute approximate surface area is 102 Å². The molecule has 17 heavy (non-hydrogen) atoms. The number of rotatable bonds is 4. The number of alkyl carbamates (subject to hydrolysis) is 1. The molecule has 1 saturated heterocycles. The van der Waals surface area contributed by atoms with E-state index in [4.69, 9.17) is 9.47 Å². The van der Waals surface area contributed by atoms with Crippen LogP contribution in [0.25, 0.3) is 0 Å². The van der Waals surface area contributed by atoms with Crippen molar-refractivity contribution in [3.8, 4) is 0 Å². The van der Waals surface area contributed by atoms with E-state index in [0.717, 1.165) is 13.0 Å². The van der Waals surface area contributed by atoms with E-state index in [1.165, 1.54) is 0 Å². The normalized spacial score (nSPS) is 22.2. The van der Waals surface area contributed by atoms with Crippen LogP contribution in [0, 0.1) is 11.8 Å². The molecular weight excluding hydrogens is 222 g/mol. The van der Waals surface area contributed by atoms with Crippen LogP contribution in [0.15, 0.2) is 0 Å². The molecular formula is C12H23NO4. The van der Waals surface area contributed by atoms with Gasteiger partial charge in [0.15, 0.2) is 0 Å². The maximum Gasteiger partial charge on any atom is 0.407 e. The zero-order valence-electron chi connectivity index (χ0n) is 10.9. The lowest BCUT2D eigenvalue weighted by Gasteiger charge is -2.23. The fourth-order valence-corrected chi connectivity index (χ4v) is 1.83. The van der Waals surface area contributed by atoms with Crippen LogP contribution in [0.2, 0.25) is 0 Å². The fourth-order valence-electron chi connectivity index (χ4n) is 1.83. The van der Waals surface area contributed by atoms with Crippen LogP contribution in [0.5, 0.6) is 0 Å². The van der Waals surface area contributed by atoms with Gasteiger partial charge < -0.3 is 19.9 Å². The van der Waals surface area contributed by atoms with E-state index in [1.54, 1.807) is 0 Å². The highest BCUT2D eigenvalue weighted by Crippen LogP contribution is 2.21. The van der Waals surface area contributed by atoms with E-state index in [0.29, 0.717) is 19.1 Å². The molecule has 1 rings (SSSR count). The molecule has 1 aliphatic heterocycles. The average molecular weight is 245 g/mol. The molecule has 2 N–H and O–H groups in total. The second-order valence-corrected chi connectivity index (χ2v) is 5.45. The first-order valence-corrected chi connectivity index (χ1v) is 6.08. The number of ether oxygens (including phenoxy) is 2. The van der Waals surface area contributed by atoms with Crippen molar-refractivity contribution in [3.05, 3.63) is 0 Å². The summed E-state index contributed by atoms with van der Waals surface area (Å²) in [6.07, 6.45) is 0.510. The monoisotopic (exact) mass is 245 g/mol. The van der Waals surface area contributed by atoms with Gasteiger partial charge in [0.25, 0.3) is 0 Å². The Balaban J connectivity index is 2.29. The number of nitrogens with one attached hydrogen (secondary N) is 1. The van der Waals surface area contributed by atoms with Gasteiger partial charge in [-0.2, -0.15) is 0 Å². The largest absolute Gasteiger partial charge is 0.444 e. The van der Waals surface area contributed by atoms with Gasteiger partial charge in [-0.05, 0) is 33.1 Å². The molecule has 1 aliphatic rings. The van der Waals surface area contributed by atoms with Crippen molar-refractivity contribution >= 4 is 6.09 Å². The van der Waals surface area contributed by atoms with Crippen LogP contribution in [0.3, 0.4) is 0 Å². The smallest absolute Gasteiger partial charge is 0.407 e. The summed E-state index contributed by atoms with van der Waals surface area (Å²) in [6.45, 7) is 7.36. The van der Waals surface area contributed by atoms with E-state index in [9.17, 15) is 9.90 Å². The van der Waals surface area contributed by atoms with E-state index in [1.807, 2.05) is 20.8 Å². The van der Waals surface area contributed by atoms with Gasteiger partial charge in [-0.1, -0.05) is 0 Å². The fraction of sp³-hybridized carbons (Fsp3) is 0.917. The Morgan fingerprint density at radius 3 is 2.76 bits per heavy atom. The van der Waals surface area contributed by atoms with Crippen LogP contribution in [0.1, 0.15) is 27.2 Å². The average Bonchev–Trinajstić information content (AvgIpc) is 2.69. The number of hydrogen-bond acceptors (Lipinski definition) is 4. The summed E-state index contributed by atoms with van der Waals surface area (Å²) < 4.78 is 10.4. The topological polar surface area (TPSA) is 67.8 Å². The molecule has 0 aromatic carbocycles. The number of aliphatic hydroxyl groups excluding tert-OH is 1. The SMILES string of the molecule is CC(C)(C)OC(=O)NCC(CO)C1CCOC1. The Morgan fingerprint density at radius 1 is 1.59 bits per heavy atom. The summed E-state index contributed by atoms with van der Waals surface area (Å²) in [5, 5.41) is 12.0. The highest BCUT2D eigenvalue weighted by molar-refractivity contribution is 5.67. The minimum absolute atomic E-state index is 0.0463. The highest BCUT2D eigenvalue weighted by Gasteiger charge is 2.26. The lowest BCUT2D eigenvalue weighted by Crippen LogP contribution is -2.38. The summed E-state index contributed by atoms with van der Waals surface area (Å²) in [7, 11) is 0. The number of carbonyl (C=O) groups excluding carboxylic acids is 1. The molecule has 100 valence electrons. The summed E-state index contributed by atoms with van der Waals surface area (Å²) in [6, 6.07) is 0. The van der Waals surface area contributed by atoms with Gasteiger partial charge in [0, 0.05) is 32.3 Å². The minimum atomic E-state index is -0.491. The minimum Gasteiger partial charge on any atom is -0.444 e. The summed E-state index contributed by atoms with van der Waals surface area (Å²) >= 11 is 0. The predicted octanol–water partition coefficient (Wildman–Crippen LogP) is 1.16. The molecule has 1 amide bonds. The first-order valence-electron chi connectivity index (χ1n) is 6.08. The third kappa shape index (κ3) is 5.37. The number of amides is 1. The van der Waals surface area contributed by atoms with E-state index in [2.05, 4.69) is 5.32 Å². The van der Waals surface area contributed by atoms with Crippen molar-refractivity contribution in [3.63, 3.8) is 0 Å². The quantitative estimate of drug-likeness (QED) is 0.780. The molecule has 2 unspecified atom stereocenters. The van der Waals surface area contributed by atoms with E-state index >= 15 is 0 Å². The van der Waals surface area contributed by atoms with Crippen LogP contribution >= 0.6 is 0 Å². The molecule has 0 spiro atoms. The maximum atomic E-state index is 11.4. The van der Waals surface area contributed by atoms with Crippen LogP contribution in [0.4, 0.5) is 4.79 Å². The van der Waals surface area contributed by atoms with Crippen molar-refractivity contribution in [2.75, 3.05) is 26.4 Å². The molecule has 0 radical (unpaired) electrons. The second-order valence-electron chi connectivity index (χ2n) is 5.45. The molecule has 1 fully saturated rings. The molecule has 0 bridgehead atoms. The molecule has 0 aliphatic carbocycles. The summed E-state index contributed by atoms with van der Waals surface area (Å²) in [4.78, 5) is 11.4. The first kappa shape index (κ1) is 14.3. The third-order valence-electron chi connectivity index (χ3n) is 2.77. The zero-order chi connectivity index (χ0) is 12.9. The maximum absolute atomic E-state index is 11.4. The van der Waals surface area contributed by atoms with Gasteiger partial charge in [-0.15, -0.1) is 0 Å². The van der Waals surface area contributed by atoms with Crippen LogP contribution in [-0.4, -0.2) is 43.2 Å². The van der Waals surface area contributed by atoms with Gasteiger partial charge in [-0.3, -0.25) is 0 Å².